The summed E-state index contributed by atoms with van der Waals surface area (Å²) in [6, 6.07) is 9.65. The molecule has 24 heavy (non-hydrogen) atoms. The maximum Gasteiger partial charge on any atom is 0.253 e. The van der Waals surface area contributed by atoms with E-state index in [0.717, 1.165) is 37.9 Å². The first-order valence-electron chi connectivity index (χ1n) is 9.00. The lowest BCUT2D eigenvalue weighted by Gasteiger charge is -2.34. The molecule has 1 aromatic rings. The minimum absolute atomic E-state index is 0.0342. The molecule has 2 heterocycles. The molecular weight excluding hydrogens is 302 g/mol. The van der Waals surface area contributed by atoms with Crippen molar-refractivity contribution in [3.8, 4) is 0 Å². The summed E-state index contributed by atoms with van der Waals surface area (Å²) >= 11 is 0. The normalized spacial score (nSPS) is 25.3. The Balaban J connectivity index is 1.49. The quantitative estimate of drug-likeness (QED) is 0.886. The van der Waals surface area contributed by atoms with Gasteiger partial charge in [0.25, 0.3) is 5.91 Å². The SMILES string of the molecule is CC1CNCCC1NC(=O)C1CCN(C(=O)c2ccccc2)CC1. The van der Waals surface area contributed by atoms with Gasteiger partial charge >= 0.3 is 0 Å². The highest BCUT2D eigenvalue weighted by Gasteiger charge is 2.30. The fourth-order valence-electron chi connectivity index (χ4n) is 3.64. The van der Waals surface area contributed by atoms with Gasteiger partial charge in [-0.15, -0.1) is 0 Å². The van der Waals surface area contributed by atoms with Gasteiger partial charge in [0.1, 0.15) is 0 Å². The van der Waals surface area contributed by atoms with E-state index in [0.29, 0.717) is 19.0 Å². The Morgan fingerprint density at radius 1 is 1.12 bits per heavy atom. The molecule has 0 radical (unpaired) electrons. The maximum atomic E-state index is 12.5. The van der Waals surface area contributed by atoms with Crippen LogP contribution in [0.2, 0.25) is 0 Å². The number of hydrogen-bond acceptors (Lipinski definition) is 3. The molecule has 2 unspecified atom stereocenters. The molecule has 0 aromatic heterocycles. The molecule has 0 aliphatic carbocycles. The predicted molar refractivity (Wildman–Crippen MR) is 93.7 cm³/mol. The number of hydrogen-bond donors (Lipinski definition) is 2. The van der Waals surface area contributed by atoms with Gasteiger partial charge in [0, 0.05) is 30.6 Å². The second-order valence-electron chi connectivity index (χ2n) is 7.02. The minimum Gasteiger partial charge on any atom is -0.353 e. The van der Waals surface area contributed by atoms with Crippen LogP contribution in [0.3, 0.4) is 0 Å². The number of likely N-dealkylation sites (tertiary alicyclic amines) is 1. The van der Waals surface area contributed by atoms with E-state index in [1.165, 1.54) is 0 Å². The minimum atomic E-state index is 0.0342. The van der Waals surface area contributed by atoms with Crippen molar-refractivity contribution in [3.63, 3.8) is 0 Å². The molecule has 2 amide bonds. The summed E-state index contributed by atoms with van der Waals surface area (Å²) in [5.41, 5.74) is 0.726. The standard InChI is InChI=1S/C19H27N3O2/c1-14-13-20-10-7-17(14)21-18(23)15-8-11-22(12-9-15)19(24)16-5-3-2-4-6-16/h2-6,14-15,17,20H,7-13H2,1H3,(H,21,23). The fourth-order valence-corrected chi connectivity index (χ4v) is 3.64. The van der Waals surface area contributed by atoms with Crippen LogP contribution in [0.4, 0.5) is 0 Å². The Labute approximate surface area is 143 Å². The first-order chi connectivity index (χ1) is 11.6. The van der Waals surface area contributed by atoms with E-state index in [1.807, 2.05) is 35.2 Å². The third kappa shape index (κ3) is 3.96. The molecule has 3 rings (SSSR count). The molecule has 5 heteroatoms. The summed E-state index contributed by atoms with van der Waals surface area (Å²) < 4.78 is 0. The number of benzene rings is 1. The Bertz CT molecular complexity index is 567. The first kappa shape index (κ1) is 17.0. The summed E-state index contributed by atoms with van der Waals surface area (Å²) in [4.78, 5) is 26.8. The number of nitrogens with zero attached hydrogens (tertiary/aromatic N) is 1. The van der Waals surface area contributed by atoms with Crippen LogP contribution in [0.5, 0.6) is 0 Å². The van der Waals surface area contributed by atoms with E-state index in [4.69, 9.17) is 0 Å². The number of carbonyl (C=O) groups is 2. The monoisotopic (exact) mass is 329 g/mol. The van der Waals surface area contributed by atoms with Gasteiger partial charge in [0.15, 0.2) is 0 Å². The fraction of sp³-hybridized carbons (Fsp3) is 0.579. The average Bonchev–Trinajstić information content (AvgIpc) is 2.64. The van der Waals surface area contributed by atoms with Crippen LogP contribution >= 0.6 is 0 Å². The van der Waals surface area contributed by atoms with Crippen molar-refractivity contribution in [2.45, 2.75) is 32.2 Å². The van der Waals surface area contributed by atoms with Crippen molar-refractivity contribution >= 4 is 11.8 Å². The summed E-state index contributed by atoms with van der Waals surface area (Å²) in [6.45, 7) is 5.44. The Morgan fingerprint density at radius 3 is 2.50 bits per heavy atom. The van der Waals surface area contributed by atoms with Crippen LogP contribution in [0, 0.1) is 11.8 Å². The molecule has 0 bridgehead atoms. The third-order valence-corrected chi connectivity index (χ3v) is 5.29. The molecule has 2 fully saturated rings. The number of amides is 2. The molecule has 2 N–H and O–H groups in total. The highest BCUT2D eigenvalue weighted by atomic mass is 16.2. The van der Waals surface area contributed by atoms with Crippen molar-refractivity contribution in [2.75, 3.05) is 26.2 Å². The lowest BCUT2D eigenvalue weighted by atomic mass is 9.91. The topological polar surface area (TPSA) is 61.4 Å². The molecule has 2 aliphatic heterocycles. The van der Waals surface area contributed by atoms with Gasteiger partial charge in [-0.25, -0.2) is 0 Å². The van der Waals surface area contributed by atoms with Gasteiger partial charge in [-0.1, -0.05) is 25.1 Å². The second-order valence-corrected chi connectivity index (χ2v) is 7.02. The predicted octanol–water partition coefficient (Wildman–Crippen LogP) is 1.65. The summed E-state index contributed by atoms with van der Waals surface area (Å²) in [6.07, 6.45) is 2.51. The zero-order valence-corrected chi connectivity index (χ0v) is 14.3. The number of carbonyl (C=O) groups excluding carboxylic acids is 2. The summed E-state index contributed by atoms with van der Waals surface area (Å²) in [5, 5.41) is 6.59. The highest BCUT2D eigenvalue weighted by Crippen LogP contribution is 2.20. The first-order valence-corrected chi connectivity index (χ1v) is 9.00. The van der Waals surface area contributed by atoms with Crippen molar-refractivity contribution < 1.29 is 9.59 Å². The van der Waals surface area contributed by atoms with Crippen molar-refractivity contribution in [2.24, 2.45) is 11.8 Å². The van der Waals surface area contributed by atoms with Gasteiger partial charge in [0.05, 0.1) is 0 Å². The van der Waals surface area contributed by atoms with Gasteiger partial charge in [-0.05, 0) is 50.4 Å². The zero-order valence-electron chi connectivity index (χ0n) is 14.3. The van der Waals surface area contributed by atoms with Crippen molar-refractivity contribution in [3.05, 3.63) is 35.9 Å². The maximum absolute atomic E-state index is 12.5. The van der Waals surface area contributed by atoms with E-state index in [2.05, 4.69) is 17.6 Å². The Kier molecular flexibility index (Phi) is 5.51. The summed E-state index contributed by atoms with van der Waals surface area (Å²) in [5.74, 6) is 0.747. The summed E-state index contributed by atoms with van der Waals surface area (Å²) in [7, 11) is 0. The Morgan fingerprint density at radius 2 is 1.83 bits per heavy atom. The largest absolute Gasteiger partial charge is 0.353 e. The molecule has 2 aliphatic rings. The van der Waals surface area contributed by atoms with E-state index in [1.54, 1.807) is 0 Å². The average molecular weight is 329 g/mol. The van der Waals surface area contributed by atoms with Crippen LogP contribution in [0.25, 0.3) is 0 Å². The van der Waals surface area contributed by atoms with E-state index >= 15 is 0 Å². The molecule has 5 nitrogen and oxygen atoms in total. The lowest BCUT2D eigenvalue weighted by Crippen LogP contribution is -2.51. The van der Waals surface area contributed by atoms with Gasteiger partial charge in [-0.2, -0.15) is 0 Å². The number of piperidine rings is 2. The smallest absolute Gasteiger partial charge is 0.253 e. The third-order valence-electron chi connectivity index (χ3n) is 5.29. The van der Waals surface area contributed by atoms with Gasteiger partial charge < -0.3 is 15.5 Å². The molecule has 2 saturated heterocycles. The van der Waals surface area contributed by atoms with Crippen molar-refractivity contribution in [1.82, 2.24) is 15.5 Å². The van der Waals surface area contributed by atoms with Crippen LogP contribution in [-0.4, -0.2) is 48.9 Å². The van der Waals surface area contributed by atoms with Crippen LogP contribution < -0.4 is 10.6 Å². The highest BCUT2D eigenvalue weighted by molar-refractivity contribution is 5.94. The molecule has 2 atom stereocenters. The van der Waals surface area contributed by atoms with Crippen LogP contribution in [-0.2, 0) is 4.79 Å². The van der Waals surface area contributed by atoms with E-state index < -0.39 is 0 Å². The molecule has 130 valence electrons. The second kappa shape index (κ2) is 7.79. The van der Waals surface area contributed by atoms with Gasteiger partial charge in [0.2, 0.25) is 5.91 Å². The zero-order chi connectivity index (χ0) is 16.9. The molecule has 0 saturated carbocycles. The molecular formula is C19H27N3O2. The lowest BCUT2D eigenvalue weighted by molar-refractivity contribution is -0.127. The molecule has 0 spiro atoms. The van der Waals surface area contributed by atoms with Crippen LogP contribution in [0.1, 0.15) is 36.5 Å². The number of rotatable bonds is 3. The van der Waals surface area contributed by atoms with Crippen molar-refractivity contribution in [1.29, 1.82) is 0 Å². The van der Waals surface area contributed by atoms with Gasteiger partial charge in [-0.3, -0.25) is 9.59 Å². The van der Waals surface area contributed by atoms with Crippen LogP contribution in [0.15, 0.2) is 30.3 Å². The number of nitrogens with one attached hydrogen (secondary N) is 2. The van der Waals surface area contributed by atoms with E-state index in [9.17, 15) is 9.59 Å². The molecule has 1 aromatic carbocycles. The Hall–Kier alpha value is -1.88. The van der Waals surface area contributed by atoms with E-state index in [-0.39, 0.29) is 23.8 Å².